The Labute approximate surface area is 170 Å². The number of rotatable bonds is 6. The van der Waals surface area contributed by atoms with E-state index in [9.17, 15) is 14.7 Å². The second kappa shape index (κ2) is 9.80. The molecule has 1 amide bonds. The fourth-order valence-electron chi connectivity index (χ4n) is 1.99. The summed E-state index contributed by atoms with van der Waals surface area (Å²) in [4.78, 5) is 23.5. The average molecular weight is 433 g/mol. The molecule has 0 radical (unpaired) electrons. The molecular formula is C18H16Cl3NO5. The molecule has 0 aliphatic heterocycles. The summed E-state index contributed by atoms with van der Waals surface area (Å²) in [5.41, 5.74) is 1.50. The first-order chi connectivity index (χ1) is 12.7. The van der Waals surface area contributed by atoms with E-state index in [1.165, 1.54) is 24.3 Å². The van der Waals surface area contributed by atoms with E-state index in [0.29, 0.717) is 11.3 Å². The van der Waals surface area contributed by atoms with E-state index in [2.05, 4.69) is 5.32 Å². The Morgan fingerprint density at radius 2 is 1.63 bits per heavy atom. The summed E-state index contributed by atoms with van der Waals surface area (Å²) in [5, 5.41) is 12.5. The van der Waals surface area contributed by atoms with E-state index in [4.69, 9.17) is 44.3 Å². The molecule has 2 aromatic rings. The predicted octanol–water partition coefficient (Wildman–Crippen LogP) is 4.38. The summed E-state index contributed by atoms with van der Waals surface area (Å²) < 4.78 is 8.11. The molecule has 0 bridgehead atoms. The lowest BCUT2D eigenvalue weighted by Gasteiger charge is -2.13. The molecule has 6 nitrogen and oxygen atoms in total. The third kappa shape index (κ3) is 7.64. The highest BCUT2D eigenvalue weighted by atomic mass is 35.6. The number of ether oxygens (including phenoxy) is 2. The van der Waals surface area contributed by atoms with Gasteiger partial charge in [-0.25, -0.2) is 9.59 Å². The van der Waals surface area contributed by atoms with Crippen LogP contribution in [0.25, 0.3) is 0 Å². The highest BCUT2D eigenvalue weighted by Gasteiger charge is 2.22. The van der Waals surface area contributed by atoms with Crippen LogP contribution in [0.15, 0.2) is 54.6 Å². The third-order valence-corrected chi connectivity index (χ3v) is 3.61. The molecule has 0 fully saturated rings. The minimum Gasteiger partial charge on any atom is -0.459 e. The number of carbonyl (C=O) groups is 2. The van der Waals surface area contributed by atoms with Crippen molar-refractivity contribution in [1.82, 2.24) is 0 Å². The standard InChI is InChI=1S/C18H16Cl3NO5/c19-18(20,21)11-27-17(25)22-14-8-6-13(7-9-14)15(23)16(24)26-10-12-4-2-1-3-5-12/h1-9,15,23H,10-11H2,(H,22,25). The van der Waals surface area contributed by atoms with Crippen molar-refractivity contribution in [3.63, 3.8) is 0 Å². The number of hydrogen-bond donors (Lipinski definition) is 2. The average Bonchev–Trinajstić information content (AvgIpc) is 2.65. The number of aliphatic hydroxyl groups is 1. The minimum absolute atomic E-state index is 0.0609. The Kier molecular flexibility index (Phi) is 7.74. The third-order valence-electron chi connectivity index (χ3n) is 3.29. The first-order valence-corrected chi connectivity index (χ1v) is 8.87. The van der Waals surface area contributed by atoms with E-state index in [1.54, 1.807) is 0 Å². The van der Waals surface area contributed by atoms with Crippen molar-refractivity contribution in [1.29, 1.82) is 0 Å². The van der Waals surface area contributed by atoms with Crippen molar-refractivity contribution >= 4 is 52.6 Å². The van der Waals surface area contributed by atoms with Gasteiger partial charge in [-0.15, -0.1) is 0 Å². The van der Waals surface area contributed by atoms with Gasteiger partial charge in [0.05, 0.1) is 0 Å². The fourth-order valence-corrected chi connectivity index (χ4v) is 2.16. The maximum absolute atomic E-state index is 12.0. The van der Waals surface area contributed by atoms with Crippen LogP contribution in [0.1, 0.15) is 17.2 Å². The van der Waals surface area contributed by atoms with Gasteiger partial charge in [0.25, 0.3) is 0 Å². The first-order valence-electron chi connectivity index (χ1n) is 7.74. The SMILES string of the molecule is O=C(Nc1ccc(C(O)C(=O)OCc2ccccc2)cc1)OCC(Cl)(Cl)Cl. The van der Waals surface area contributed by atoms with Gasteiger partial charge in [0.15, 0.2) is 6.10 Å². The number of amides is 1. The van der Waals surface area contributed by atoms with Crippen molar-refractivity contribution in [3.05, 3.63) is 65.7 Å². The van der Waals surface area contributed by atoms with Crippen molar-refractivity contribution in [3.8, 4) is 0 Å². The zero-order chi connectivity index (χ0) is 19.9. The number of anilines is 1. The van der Waals surface area contributed by atoms with Crippen LogP contribution < -0.4 is 5.32 Å². The number of alkyl halides is 3. The summed E-state index contributed by atoms with van der Waals surface area (Å²) in [5.74, 6) is -0.776. The maximum Gasteiger partial charge on any atom is 0.411 e. The second-order valence-electron chi connectivity index (χ2n) is 5.43. The number of carbonyl (C=O) groups excluding carboxylic acids is 2. The van der Waals surface area contributed by atoms with Gasteiger partial charge in [0.2, 0.25) is 3.79 Å². The molecule has 1 unspecified atom stereocenters. The Hall–Kier alpha value is -1.99. The monoisotopic (exact) mass is 431 g/mol. The first kappa shape index (κ1) is 21.3. The number of benzene rings is 2. The number of aliphatic hydroxyl groups excluding tert-OH is 1. The summed E-state index contributed by atoms with van der Waals surface area (Å²) in [6.07, 6.45) is -2.25. The van der Waals surface area contributed by atoms with E-state index < -0.39 is 28.6 Å². The lowest BCUT2D eigenvalue weighted by Crippen LogP contribution is -2.21. The Morgan fingerprint density at radius 1 is 1.00 bits per heavy atom. The molecule has 2 aromatic carbocycles. The van der Waals surface area contributed by atoms with E-state index in [0.717, 1.165) is 5.56 Å². The Balaban J connectivity index is 1.86. The van der Waals surface area contributed by atoms with Crippen molar-refractivity contribution in [2.45, 2.75) is 16.5 Å². The smallest absolute Gasteiger partial charge is 0.411 e. The van der Waals surface area contributed by atoms with Crippen LogP contribution in [0.5, 0.6) is 0 Å². The Bertz CT molecular complexity index is 763. The van der Waals surface area contributed by atoms with Gasteiger partial charge in [-0.1, -0.05) is 77.3 Å². The van der Waals surface area contributed by atoms with Gasteiger partial charge in [-0.2, -0.15) is 0 Å². The lowest BCUT2D eigenvalue weighted by atomic mass is 10.1. The minimum atomic E-state index is -1.70. The molecule has 0 saturated carbocycles. The summed E-state index contributed by atoms with van der Waals surface area (Å²) in [6, 6.07) is 15.0. The lowest BCUT2D eigenvalue weighted by molar-refractivity contribution is -0.155. The molecule has 27 heavy (non-hydrogen) atoms. The predicted molar refractivity (Wildman–Crippen MR) is 103 cm³/mol. The molecule has 0 aliphatic rings. The molecule has 1 atom stereocenters. The molecule has 144 valence electrons. The van der Waals surface area contributed by atoms with Gasteiger partial charge in [0.1, 0.15) is 13.2 Å². The van der Waals surface area contributed by atoms with Gasteiger partial charge in [-0.3, -0.25) is 5.32 Å². The molecule has 9 heteroatoms. The van der Waals surface area contributed by atoms with Crippen LogP contribution in [0.2, 0.25) is 0 Å². The number of hydrogen-bond acceptors (Lipinski definition) is 5. The highest BCUT2D eigenvalue weighted by Crippen LogP contribution is 2.26. The molecule has 2 N–H and O–H groups in total. The largest absolute Gasteiger partial charge is 0.459 e. The number of nitrogens with one attached hydrogen (secondary N) is 1. The van der Waals surface area contributed by atoms with E-state index >= 15 is 0 Å². The van der Waals surface area contributed by atoms with E-state index in [1.807, 2.05) is 30.3 Å². The van der Waals surface area contributed by atoms with Crippen LogP contribution in [-0.2, 0) is 20.9 Å². The molecule has 2 rings (SSSR count). The highest BCUT2D eigenvalue weighted by molar-refractivity contribution is 6.67. The van der Waals surface area contributed by atoms with E-state index in [-0.39, 0.29) is 6.61 Å². The number of halogens is 3. The maximum atomic E-state index is 12.0. The van der Waals surface area contributed by atoms with Crippen LogP contribution in [0, 0.1) is 0 Å². The summed E-state index contributed by atoms with van der Waals surface area (Å²) in [6.45, 7) is -0.348. The Morgan fingerprint density at radius 3 is 2.22 bits per heavy atom. The quantitative estimate of drug-likeness (QED) is 0.522. The zero-order valence-electron chi connectivity index (χ0n) is 13.9. The zero-order valence-corrected chi connectivity index (χ0v) is 16.2. The van der Waals surface area contributed by atoms with Crippen LogP contribution in [-0.4, -0.2) is 27.6 Å². The van der Waals surface area contributed by atoms with Crippen LogP contribution >= 0.6 is 34.8 Å². The molecule has 0 aliphatic carbocycles. The number of esters is 1. The molecular weight excluding hydrogens is 417 g/mol. The molecule has 0 heterocycles. The summed E-state index contributed by atoms with van der Waals surface area (Å²) >= 11 is 16.5. The normalized spacial score (nSPS) is 12.1. The van der Waals surface area contributed by atoms with Gasteiger partial charge < -0.3 is 14.6 Å². The van der Waals surface area contributed by atoms with Crippen molar-refractivity contribution < 1.29 is 24.2 Å². The second-order valence-corrected chi connectivity index (χ2v) is 7.95. The summed E-state index contributed by atoms with van der Waals surface area (Å²) in [7, 11) is 0. The fraction of sp³-hybridized carbons (Fsp3) is 0.222. The molecule has 0 saturated heterocycles. The van der Waals surface area contributed by atoms with Crippen molar-refractivity contribution in [2.75, 3.05) is 11.9 Å². The molecule has 0 spiro atoms. The van der Waals surface area contributed by atoms with Crippen molar-refractivity contribution in [2.24, 2.45) is 0 Å². The van der Waals surface area contributed by atoms with Gasteiger partial charge in [-0.05, 0) is 23.3 Å². The van der Waals surface area contributed by atoms with Crippen LogP contribution in [0.4, 0.5) is 10.5 Å². The van der Waals surface area contributed by atoms with Gasteiger partial charge >= 0.3 is 12.1 Å². The topological polar surface area (TPSA) is 84.9 Å². The molecule has 0 aromatic heterocycles. The van der Waals surface area contributed by atoms with Gasteiger partial charge in [0, 0.05) is 5.69 Å². The van der Waals surface area contributed by atoms with Crippen LogP contribution in [0.3, 0.4) is 0 Å².